The van der Waals surface area contributed by atoms with Crippen LogP contribution in [0.2, 0.25) is 0 Å². The summed E-state index contributed by atoms with van der Waals surface area (Å²) in [5.41, 5.74) is 5.67. The van der Waals surface area contributed by atoms with Gasteiger partial charge in [0.2, 0.25) is 0 Å². The van der Waals surface area contributed by atoms with Crippen molar-refractivity contribution in [2.24, 2.45) is 5.92 Å². The van der Waals surface area contributed by atoms with Crippen molar-refractivity contribution in [3.63, 3.8) is 0 Å². The van der Waals surface area contributed by atoms with Crippen LogP contribution in [0.1, 0.15) is 43.4 Å². The lowest BCUT2D eigenvalue weighted by Crippen LogP contribution is -2.41. The number of hydrogen-bond donors (Lipinski definition) is 2. The van der Waals surface area contributed by atoms with Crippen molar-refractivity contribution in [3.05, 3.63) is 71.3 Å². The molecule has 0 saturated heterocycles. The van der Waals surface area contributed by atoms with Gasteiger partial charge in [-0.25, -0.2) is 9.63 Å². The second-order valence-corrected chi connectivity index (χ2v) is 7.68. The van der Waals surface area contributed by atoms with Crippen LogP contribution in [0.5, 0.6) is 0 Å². The summed E-state index contributed by atoms with van der Waals surface area (Å²) < 4.78 is 0. The normalized spacial score (nSPS) is 11.9. The van der Waals surface area contributed by atoms with Gasteiger partial charge in [0.25, 0.3) is 5.91 Å². The Labute approximate surface area is 177 Å². The van der Waals surface area contributed by atoms with Gasteiger partial charge in [-0.2, -0.15) is 5.48 Å². The molecule has 0 saturated carbocycles. The summed E-state index contributed by atoms with van der Waals surface area (Å²) in [7, 11) is 0. The molecule has 0 aliphatic rings. The maximum atomic E-state index is 12.0. The largest absolute Gasteiger partial charge is 0.350 e. The first-order valence-corrected chi connectivity index (χ1v) is 10.3. The van der Waals surface area contributed by atoms with Gasteiger partial charge in [0.15, 0.2) is 0 Å². The fourth-order valence-corrected chi connectivity index (χ4v) is 3.30. The van der Waals surface area contributed by atoms with E-state index in [9.17, 15) is 9.59 Å². The van der Waals surface area contributed by atoms with Crippen LogP contribution < -0.4 is 10.3 Å². The number of benzene rings is 2. The molecule has 0 radical (unpaired) electrons. The number of aryl methyl sites for hydroxylation is 2. The van der Waals surface area contributed by atoms with Gasteiger partial charge in [0.05, 0.1) is 6.42 Å². The molecule has 0 spiro atoms. The van der Waals surface area contributed by atoms with Crippen molar-refractivity contribution in [2.45, 2.75) is 52.0 Å². The molecule has 0 aromatic heterocycles. The molecular formula is C23H29ClN2O3. The molecule has 0 aliphatic carbocycles. The van der Waals surface area contributed by atoms with Gasteiger partial charge in [-0.05, 0) is 60.1 Å². The summed E-state index contributed by atoms with van der Waals surface area (Å²) in [6.45, 7) is 3.65. The van der Waals surface area contributed by atoms with Gasteiger partial charge in [0.1, 0.15) is 6.04 Å². The van der Waals surface area contributed by atoms with Crippen molar-refractivity contribution < 1.29 is 14.4 Å². The van der Waals surface area contributed by atoms with Gasteiger partial charge in [-0.15, -0.1) is 0 Å². The van der Waals surface area contributed by atoms with Gasteiger partial charge >= 0.3 is 5.97 Å². The second-order valence-electron chi connectivity index (χ2n) is 7.46. The zero-order chi connectivity index (χ0) is 21.1. The number of carbonyl (C=O) groups is 2. The van der Waals surface area contributed by atoms with E-state index in [1.54, 1.807) is 0 Å². The van der Waals surface area contributed by atoms with Crippen LogP contribution in [-0.4, -0.2) is 17.9 Å². The monoisotopic (exact) mass is 416 g/mol. The van der Waals surface area contributed by atoms with Crippen LogP contribution in [0.25, 0.3) is 0 Å². The number of unbranched alkanes of at least 4 members (excludes halogenated alkanes) is 1. The van der Waals surface area contributed by atoms with E-state index < -0.39 is 12.0 Å². The van der Waals surface area contributed by atoms with E-state index in [2.05, 4.69) is 34.6 Å². The summed E-state index contributed by atoms with van der Waals surface area (Å²) in [6.07, 6.45) is 4.51. The Kier molecular flexibility index (Phi) is 9.68. The standard InChI is InChI=1S/C23H29ClN2O3/c1-17(2)22(25-24)23(28)29-26-21(27)16-20-14-12-19(13-15-20)11-7-6-10-18-8-4-3-5-9-18/h3-5,8-9,12-15,17,22,25H,6-7,10-11,16H2,1-2H3,(H,26,27)/t22-/m0/s1. The molecule has 2 rings (SSSR count). The first-order valence-electron chi connectivity index (χ1n) is 9.97. The fraction of sp³-hybridized carbons (Fsp3) is 0.391. The third-order valence-electron chi connectivity index (χ3n) is 4.71. The lowest BCUT2D eigenvalue weighted by molar-refractivity contribution is -0.160. The quantitative estimate of drug-likeness (QED) is 0.347. The highest BCUT2D eigenvalue weighted by Crippen LogP contribution is 2.11. The summed E-state index contributed by atoms with van der Waals surface area (Å²) in [6, 6.07) is 17.8. The fourth-order valence-electron chi connectivity index (χ4n) is 2.96. The van der Waals surface area contributed by atoms with E-state index >= 15 is 0 Å². The molecule has 1 amide bonds. The molecule has 0 aliphatic heterocycles. The maximum absolute atomic E-state index is 12.0. The third-order valence-corrected chi connectivity index (χ3v) is 4.95. The van der Waals surface area contributed by atoms with Crippen molar-refractivity contribution in [3.8, 4) is 0 Å². The topological polar surface area (TPSA) is 67.4 Å². The lowest BCUT2D eigenvalue weighted by Gasteiger charge is -2.16. The van der Waals surface area contributed by atoms with Crippen molar-refractivity contribution in [2.75, 3.05) is 0 Å². The summed E-state index contributed by atoms with van der Waals surface area (Å²) in [4.78, 5) is 31.0. The molecule has 0 unspecified atom stereocenters. The number of hydroxylamine groups is 1. The molecule has 2 N–H and O–H groups in total. The summed E-state index contributed by atoms with van der Waals surface area (Å²) >= 11 is 5.53. The molecule has 0 heterocycles. The minimum Gasteiger partial charge on any atom is -0.339 e. The summed E-state index contributed by atoms with van der Waals surface area (Å²) in [5.74, 6) is -1.06. The number of hydrogen-bond acceptors (Lipinski definition) is 4. The SMILES string of the molecule is CC(C)[C@H](NCl)C(=O)ONC(=O)Cc1ccc(CCCCc2ccccc2)cc1. The first kappa shape index (κ1) is 22.9. The number of nitrogens with one attached hydrogen (secondary N) is 2. The maximum Gasteiger partial charge on any atom is 0.350 e. The van der Waals surface area contributed by atoms with Crippen LogP contribution in [-0.2, 0) is 33.7 Å². The highest BCUT2D eigenvalue weighted by Gasteiger charge is 2.23. The smallest absolute Gasteiger partial charge is 0.339 e. The number of carbonyl (C=O) groups excluding carboxylic acids is 2. The molecule has 0 bridgehead atoms. The minimum absolute atomic E-state index is 0.0582. The Bertz CT molecular complexity index is 763. The predicted octanol–water partition coefficient (Wildman–Crippen LogP) is 4.14. The number of rotatable bonds is 10. The molecule has 2 aromatic carbocycles. The summed E-state index contributed by atoms with van der Waals surface area (Å²) in [5, 5.41) is 0. The van der Waals surface area contributed by atoms with E-state index in [1.165, 1.54) is 11.1 Å². The second kappa shape index (κ2) is 12.2. The van der Waals surface area contributed by atoms with E-state index in [0.717, 1.165) is 31.2 Å². The van der Waals surface area contributed by atoms with Crippen LogP contribution >= 0.6 is 11.8 Å². The van der Waals surface area contributed by atoms with Gasteiger partial charge in [-0.3, -0.25) is 4.79 Å². The number of halogens is 1. The molecular weight excluding hydrogens is 388 g/mol. The Morgan fingerprint density at radius 2 is 1.45 bits per heavy atom. The molecule has 2 aromatic rings. The van der Waals surface area contributed by atoms with Crippen LogP contribution in [0.4, 0.5) is 0 Å². The zero-order valence-electron chi connectivity index (χ0n) is 17.0. The van der Waals surface area contributed by atoms with Crippen molar-refractivity contribution >= 4 is 23.7 Å². The van der Waals surface area contributed by atoms with Gasteiger partial charge in [-0.1, -0.05) is 68.4 Å². The Morgan fingerprint density at radius 3 is 2.00 bits per heavy atom. The van der Waals surface area contributed by atoms with Crippen LogP contribution in [0, 0.1) is 5.92 Å². The van der Waals surface area contributed by atoms with E-state index in [-0.39, 0.29) is 18.2 Å². The molecule has 6 heteroatoms. The molecule has 1 atom stereocenters. The predicted molar refractivity (Wildman–Crippen MR) is 115 cm³/mol. The zero-order valence-corrected chi connectivity index (χ0v) is 17.7. The molecule has 156 valence electrons. The van der Waals surface area contributed by atoms with E-state index in [0.29, 0.717) is 0 Å². The van der Waals surface area contributed by atoms with Crippen LogP contribution in [0.3, 0.4) is 0 Å². The molecule has 0 fully saturated rings. The highest BCUT2D eigenvalue weighted by atomic mass is 35.5. The molecule has 29 heavy (non-hydrogen) atoms. The highest BCUT2D eigenvalue weighted by molar-refractivity contribution is 6.14. The Balaban J connectivity index is 1.69. The van der Waals surface area contributed by atoms with E-state index in [4.69, 9.17) is 16.6 Å². The third kappa shape index (κ3) is 8.26. The van der Waals surface area contributed by atoms with Crippen LogP contribution in [0.15, 0.2) is 54.6 Å². The number of amides is 1. The Hall–Kier alpha value is -2.37. The average Bonchev–Trinajstić information content (AvgIpc) is 2.72. The lowest BCUT2D eigenvalue weighted by atomic mass is 10.0. The van der Waals surface area contributed by atoms with Gasteiger partial charge in [0, 0.05) is 0 Å². The average molecular weight is 417 g/mol. The van der Waals surface area contributed by atoms with Crippen molar-refractivity contribution in [1.82, 2.24) is 10.3 Å². The minimum atomic E-state index is -0.682. The van der Waals surface area contributed by atoms with Gasteiger partial charge < -0.3 is 4.84 Å². The van der Waals surface area contributed by atoms with E-state index in [1.807, 2.05) is 44.2 Å². The molecule has 5 nitrogen and oxygen atoms in total. The first-order chi connectivity index (χ1) is 14.0. The van der Waals surface area contributed by atoms with Crippen molar-refractivity contribution in [1.29, 1.82) is 0 Å². The Morgan fingerprint density at radius 1 is 0.897 bits per heavy atom.